The van der Waals surface area contributed by atoms with Gasteiger partial charge in [-0.2, -0.15) is 0 Å². The minimum Gasteiger partial charge on any atom is -0.491 e. The Morgan fingerprint density at radius 1 is 0.746 bits per heavy atom. The van der Waals surface area contributed by atoms with Gasteiger partial charge in [0.2, 0.25) is 11.8 Å². The molecular weight excluding hydrogens is 847 g/mol. The number of carbonyl (C=O) groups excluding carboxylic acids is 4. The molecule has 0 saturated carbocycles. The predicted octanol–water partition coefficient (Wildman–Crippen LogP) is 7.67. The van der Waals surface area contributed by atoms with Gasteiger partial charge in [0.25, 0.3) is 0 Å². The third kappa shape index (κ3) is 7.78. The number of imide groups is 1. The largest absolute Gasteiger partial charge is 0.491 e. The fourth-order valence-corrected chi connectivity index (χ4v) is 10.6. The maximum absolute atomic E-state index is 16.4. The van der Waals surface area contributed by atoms with Crippen molar-refractivity contribution < 1.29 is 38.5 Å². The summed E-state index contributed by atoms with van der Waals surface area (Å²) in [6.07, 6.45) is -0.869. The number of para-hydroxylation sites is 1. The molecule has 4 heterocycles. The van der Waals surface area contributed by atoms with Crippen molar-refractivity contribution in [3.8, 4) is 5.75 Å². The average molecular weight is 898 g/mol. The molecule has 10 rings (SSSR count). The number of hydrogen-bond acceptors (Lipinski definition) is 10. The number of ether oxygens (including phenoxy) is 3. The quantitative estimate of drug-likeness (QED) is 0.111. The lowest BCUT2D eigenvalue weighted by atomic mass is 9.65. The summed E-state index contributed by atoms with van der Waals surface area (Å²) >= 11 is 0. The van der Waals surface area contributed by atoms with Crippen LogP contribution in [0.15, 0.2) is 164 Å². The van der Waals surface area contributed by atoms with Crippen LogP contribution in [0.2, 0.25) is 0 Å². The molecule has 340 valence electrons. The first-order valence-corrected chi connectivity index (χ1v) is 22.7. The number of urea groups is 1. The number of cyclic esters (lactones) is 1. The van der Waals surface area contributed by atoms with Crippen molar-refractivity contribution >= 4 is 40.9 Å². The summed E-state index contributed by atoms with van der Waals surface area (Å²) < 4.78 is 18.0. The van der Waals surface area contributed by atoms with Crippen molar-refractivity contribution in [2.24, 2.45) is 5.92 Å². The number of carbonyl (C=O) groups is 4. The smallest absolute Gasteiger partial charge is 0.329 e. The van der Waals surface area contributed by atoms with E-state index in [1.54, 1.807) is 36.4 Å². The lowest BCUT2D eigenvalue weighted by Gasteiger charge is -2.46. The molecule has 0 radical (unpaired) electrons. The van der Waals surface area contributed by atoms with Crippen molar-refractivity contribution in [2.75, 3.05) is 54.6 Å². The van der Waals surface area contributed by atoms with Gasteiger partial charge in [0.15, 0.2) is 0 Å². The molecule has 7 unspecified atom stereocenters. The van der Waals surface area contributed by atoms with Gasteiger partial charge in [-0.15, -0.1) is 0 Å². The molecule has 6 aromatic rings. The predicted molar refractivity (Wildman–Crippen MR) is 252 cm³/mol. The fourth-order valence-electron chi connectivity index (χ4n) is 10.6. The number of fused-ring (bicyclic) bond motifs is 3. The van der Waals surface area contributed by atoms with E-state index in [-0.39, 0.29) is 13.2 Å². The highest BCUT2D eigenvalue weighted by molar-refractivity contribution is 6.25. The van der Waals surface area contributed by atoms with Gasteiger partial charge in [-0.25, -0.2) is 9.69 Å². The molecule has 0 bridgehead atoms. The number of nitrogens with one attached hydrogen (secondary N) is 2. The summed E-state index contributed by atoms with van der Waals surface area (Å²) in [6, 6.07) is 46.0. The molecule has 4 amide bonds. The number of hydrogen-bond donors (Lipinski definition) is 3. The molecule has 1 spiro atoms. The van der Waals surface area contributed by atoms with E-state index < -0.39 is 65.4 Å². The van der Waals surface area contributed by atoms with E-state index in [0.717, 1.165) is 40.4 Å². The van der Waals surface area contributed by atoms with Crippen molar-refractivity contribution in [2.45, 2.75) is 42.6 Å². The summed E-state index contributed by atoms with van der Waals surface area (Å²) in [5, 5.41) is 15.8. The van der Waals surface area contributed by atoms with Crippen LogP contribution in [0.1, 0.15) is 59.0 Å². The van der Waals surface area contributed by atoms with Crippen LogP contribution in [0.5, 0.6) is 5.75 Å². The zero-order chi connectivity index (χ0) is 46.1. The van der Waals surface area contributed by atoms with E-state index in [1.165, 1.54) is 0 Å². The molecule has 7 atom stereocenters. The van der Waals surface area contributed by atoms with E-state index in [9.17, 15) is 9.90 Å². The number of aliphatic hydroxyl groups is 1. The van der Waals surface area contributed by atoms with Crippen LogP contribution >= 0.6 is 0 Å². The molecule has 4 aliphatic heterocycles. The van der Waals surface area contributed by atoms with Crippen LogP contribution in [-0.2, 0) is 29.3 Å². The first-order valence-electron chi connectivity index (χ1n) is 22.7. The van der Waals surface area contributed by atoms with Crippen molar-refractivity contribution in [1.82, 2.24) is 10.2 Å². The number of esters is 1. The van der Waals surface area contributed by atoms with Gasteiger partial charge >= 0.3 is 12.0 Å². The number of amides is 4. The summed E-state index contributed by atoms with van der Waals surface area (Å²) in [4.78, 5) is 67.8. The fraction of sp³-hybridized carbons (Fsp3) is 0.259. The van der Waals surface area contributed by atoms with Crippen LogP contribution in [0, 0.1) is 5.92 Å². The summed E-state index contributed by atoms with van der Waals surface area (Å²) in [5.74, 6) is -2.91. The molecular formula is C54H51N5O8. The Morgan fingerprint density at radius 3 is 2.04 bits per heavy atom. The molecule has 3 fully saturated rings. The van der Waals surface area contributed by atoms with Crippen molar-refractivity contribution in [1.29, 1.82) is 0 Å². The van der Waals surface area contributed by atoms with E-state index >= 15 is 14.4 Å². The molecule has 3 saturated heterocycles. The van der Waals surface area contributed by atoms with Gasteiger partial charge in [0, 0.05) is 24.5 Å². The Balaban J connectivity index is 1.18. The molecule has 13 heteroatoms. The standard InChI is InChI=1S/C54H51N5O8/c1-35(36-13-5-2-6-14-36)55-53(64)58-44-20-12-11-19-43(44)54(52(58)63)45(50(61)56-40-23-25-41(26-24-40)57-29-32-65-33-30-57)47-51(62)67-48(38-17-9-4-10-18-38)46(37-15-7-3-8-16-37)59(47)49(54)39-21-27-42(28-22-39)66-34-31-60/h2-28,35,45-49,60H,29-34H2,1H3,(H,55,64)(H,56,61). The highest BCUT2D eigenvalue weighted by Crippen LogP contribution is 2.66. The number of anilines is 3. The monoisotopic (exact) mass is 897 g/mol. The minimum atomic E-state index is -1.91. The zero-order valence-corrected chi connectivity index (χ0v) is 36.9. The first kappa shape index (κ1) is 43.6. The van der Waals surface area contributed by atoms with Crippen LogP contribution in [0.3, 0.4) is 0 Å². The molecule has 13 nitrogen and oxygen atoms in total. The maximum atomic E-state index is 16.4. The number of benzene rings is 6. The third-order valence-electron chi connectivity index (χ3n) is 13.6. The molecule has 0 aliphatic carbocycles. The molecule has 6 aromatic carbocycles. The summed E-state index contributed by atoms with van der Waals surface area (Å²) in [7, 11) is 0. The Labute approximate surface area is 388 Å². The molecule has 3 N–H and O–H groups in total. The average Bonchev–Trinajstić information content (AvgIpc) is 3.84. The Morgan fingerprint density at radius 2 is 1.37 bits per heavy atom. The Hall–Kier alpha value is -7.32. The number of morpholine rings is 2. The van der Waals surface area contributed by atoms with Crippen LogP contribution in [0.4, 0.5) is 21.9 Å². The van der Waals surface area contributed by atoms with Gasteiger partial charge < -0.3 is 34.9 Å². The Bertz CT molecular complexity index is 2740. The van der Waals surface area contributed by atoms with E-state index in [0.29, 0.717) is 41.5 Å². The third-order valence-corrected chi connectivity index (χ3v) is 13.6. The lowest BCUT2D eigenvalue weighted by Crippen LogP contribution is -2.55. The van der Waals surface area contributed by atoms with E-state index in [4.69, 9.17) is 14.2 Å². The van der Waals surface area contributed by atoms with Gasteiger partial charge in [0.1, 0.15) is 29.9 Å². The van der Waals surface area contributed by atoms with Crippen LogP contribution < -0.4 is 25.2 Å². The van der Waals surface area contributed by atoms with Gasteiger partial charge in [-0.05, 0) is 77.2 Å². The van der Waals surface area contributed by atoms with E-state index in [2.05, 4.69) is 15.5 Å². The highest BCUT2D eigenvalue weighted by atomic mass is 16.6. The molecule has 67 heavy (non-hydrogen) atoms. The SMILES string of the molecule is CC(NC(=O)N1C(=O)C2(c3ccccc31)C(C(=O)Nc1ccc(N3CCOCC3)cc1)C1C(=O)OC(c3ccccc3)C(c3ccccc3)N1C2c1ccc(OCCO)cc1)c1ccccc1. The zero-order valence-electron chi connectivity index (χ0n) is 36.9. The molecule has 0 aromatic heterocycles. The van der Waals surface area contributed by atoms with Crippen molar-refractivity contribution in [3.05, 3.63) is 192 Å². The maximum Gasteiger partial charge on any atom is 0.329 e. The molecule has 4 aliphatic rings. The van der Waals surface area contributed by atoms with Crippen molar-refractivity contribution in [3.63, 3.8) is 0 Å². The summed E-state index contributed by atoms with van der Waals surface area (Å²) in [5.41, 5.74) is 3.20. The second-order valence-corrected chi connectivity index (χ2v) is 17.3. The second-order valence-electron chi connectivity index (χ2n) is 17.3. The number of rotatable bonds is 11. The number of aliphatic hydroxyl groups excluding tert-OH is 1. The Kier molecular flexibility index (Phi) is 12.0. The van der Waals surface area contributed by atoms with Gasteiger partial charge in [0.05, 0.1) is 49.6 Å². The first-order chi connectivity index (χ1) is 32.8. The highest BCUT2D eigenvalue weighted by Gasteiger charge is 2.75. The van der Waals surface area contributed by atoms with Crippen LogP contribution in [0.25, 0.3) is 0 Å². The van der Waals surface area contributed by atoms with Gasteiger partial charge in [-0.3, -0.25) is 19.3 Å². The number of nitrogens with zero attached hydrogens (tertiary/aromatic N) is 3. The lowest BCUT2D eigenvalue weighted by molar-refractivity contribution is -0.177. The van der Waals surface area contributed by atoms with Crippen LogP contribution in [-0.4, -0.2) is 79.4 Å². The normalized spacial score (nSPS) is 23.8. The van der Waals surface area contributed by atoms with E-state index in [1.807, 2.05) is 139 Å². The summed E-state index contributed by atoms with van der Waals surface area (Å²) in [6.45, 7) is 4.40. The minimum absolute atomic E-state index is 0.0641. The van der Waals surface area contributed by atoms with Gasteiger partial charge in [-0.1, -0.05) is 121 Å². The topological polar surface area (TPSA) is 150 Å². The second kappa shape index (κ2) is 18.5.